The predicted molar refractivity (Wildman–Crippen MR) is 48.5 cm³/mol. The number of aliphatic hydroxyl groups is 1. The zero-order valence-corrected chi connectivity index (χ0v) is 7.64. The Hall–Kier alpha value is -1.93. The smallest absolute Gasteiger partial charge is 0.332 e. The molecule has 0 radical (unpaired) electrons. The minimum atomic E-state index is -1.63. The minimum absolute atomic E-state index is 0.0731. The van der Waals surface area contributed by atoms with Gasteiger partial charge >= 0.3 is 5.97 Å². The lowest BCUT2D eigenvalue weighted by molar-refractivity contribution is -0.146. The fraction of sp³-hybridized carbons (Fsp3) is 0.200. The summed E-state index contributed by atoms with van der Waals surface area (Å²) in [5.74, 6) is -2.09. The van der Waals surface area contributed by atoms with Crippen molar-refractivity contribution in [3.63, 3.8) is 0 Å². The summed E-state index contributed by atoms with van der Waals surface area (Å²) in [5, 5.41) is 25.9. The Balaban J connectivity index is 2.88. The normalized spacial score (nSPS) is 11.8. The highest BCUT2D eigenvalue weighted by Crippen LogP contribution is 2.12. The number of carboxylic acid groups (broad SMARTS) is 1. The van der Waals surface area contributed by atoms with Crippen molar-refractivity contribution < 1.29 is 19.4 Å². The van der Waals surface area contributed by atoms with Crippen LogP contribution in [0.2, 0.25) is 0 Å². The molecular weight excluding hydrogens is 201 g/mol. The zero-order valence-electron chi connectivity index (χ0n) is 7.64. The molecule has 0 aliphatic heterocycles. The second-order valence-corrected chi connectivity index (χ2v) is 2.98. The van der Waals surface area contributed by atoms with Gasteiger partial charge in [-0.15, -0.1) is 0 Å². The number of carboxylic acids is 1. The Morgan fingerprint density at radius 1 is 1.60 bits per heavy atom. The van der Waals surface area contributed by atoms with Gasteiger partial charge in [0, 0.05) is 6.42 Å². The summed E-state index contributed by atoms with van der Waals surface area (Å²) in [6.07, 6.45) is -1.94. The van der Waals surface area contributed by atoms with Crippen LogP contribution in [0.5, 0.6) is 0 Å². The number of nitriles is 1. The molecule has 4 nitrogen and oxygen atoms in total. The standard InChI is InChI=1S/C10H8FNO3/c11-8-3-6(5-12)1-2-7(8)4-9(13)10(14)15/h1-3,9,13H,4H2,(H,14,15). The maximum Gasteiger partial charge on any atom is 0.332 e. The summed E-state index contributed by atoms with van der Waals surface area (Å²) < 4.78 is 13.2. The van der Waals surface area contributed by atoms with Gasteiger partial charge in [0.1, 0.15) is 5.82 Å². The van der Waals surface area contributed by atoms with Crippen molar-refractivity contribution in [1.29, 1.82) is 5.26 Å². The molecule has 0 aliphatic rings. The molecule has 0 saturated carbocycles. The van der Waals surface area contributed by atoms with Crippen molar-refractivity contribution in [2.24, 2.45) is 0 Å². The number of hydrogen-bond acceptors (Lipinski definition) is 3. The summed E-state index contributed by atoms with van der Waals surface area (Å²) in [7, 11) is 0. The van der Waals surface area contributed by atoms with Gasteiger partial charge < -0.3 is 10.2 Å². The maximum absolute atomic E-state index is 13.2. The van der Waals surface area contributed by atoms with Crippen LogP contribution < -0.4 is 0 Å². The van der Waals surface area contributed by atoms with E-state index in [9.17, 15) is 9.18 Å². The van der Waals surface area contributed by atoms with Crippen LogP contribution in [0, 0.1) is 17.1 Å². The van der Waals surface area contributed by atoms with Crippen LogP contribution in [0.25, 0.3) is 0 Å². The van der Waals surface area contributed by atoms with Crippen molar-refractivity contribution in [3.8, 4) is 6.07 Å². The first-order valence-corrected chi connectivity index (χ1v) is 4.14. The largest absolute Gasteiger partial charge is 0.479 e. The third-order valence-corrected chi connectivity index (χ3v) is 1.88. The van der Waals surface area contributed by atoms with E-state index in [1.807, 2.05) is 0 Å². The Morgan fingerprint density at radius 2 is 2.27 bits per heavy atom. The molecular formula is C10H8FNO3. The highest BCUT2D eigenvalue weighted by molar-refractivity contribution is 5.72. The minimum Gasteiger partial charge on any atom is -0.479 e. The van der Waals surface area contributed by atoms with Crippen molar-refractivity contribution in [3.05, 3.63) is 35.1 Å². The Labute approximate surface area is 85.2 Å². The lowest BCUT2D eigenvalue weighted by atomic mass is 10.1. The molecule has 5 heteroatoms. The average molecular weight is 209 g/mol. The topological polar surface area (TPSA) is 81.3 Å². The zero-order chi connectivity index (χ0) is 11.4. The number of carbonyl (C=O) groups is 1. The Bertz CT molecular complexity index is 425. The molecule has 15 heavy (non-hydrogen) atoms. The maximum atomic E-state index is 13.2. The van der Waals surface area contributed by atoms with Crippen LogP contribution in [-0.4, -0.2) is 22.3 Å². The van der Waals surface area contributed by atoms with Crippen molar-refractivity contribution >= 4 is 5.97 Å². The summed E-state index contributed by atoms with van der Waals surface area (Å²) in [5.41, 5.74) is 0.227. The summed E-state index contributed by atoms with van der Waals surface area (Å²) >= 11 is 0. The summed E-state index contributed by atoms with van der Waals surface area (Å²) in [4.78, 5) is 10.3. The van der Waals surface area contributed by atoms with Crippen molar-refractivity contribution in [2.75, 3.05) is 0 Å². The van der Waals surface area contributed by atoms with E-state index in [0.717, 1.165) is 6.07 Å². The molecule has 78 valence electrons. The van der Waals surface area contributed by atoms with Crippen LogP contribution in [0.1, 0.15) is 11.1 Å². The predicted octanol–water partition coefficient (Wildman–Crippen LogP) is 0.685. The van der Waals surface area contributed by atoms with Crippen molar-refractivity contribution in [1.82, 2.24) is 0 Å². The molecule has 1 rings (SSSR count). The number of nitrogens with zero attached hydrogens (tertiary/aromatic N) is 1. The third kappa shape index (κ3) is 2.76. The lowest BCUT2D eigenvalue weighted by Crippen LogP contribution is -2.22. The van der Waals surface area contributed by atoms with Gasteiger partial charge in [-0.3, -0.25) is 0 Å². The van der Waals surface area contributed by atoms with E-state index in [1.165, 1.54) is 12.1 Å². The molecule has 0 amide bonds. The molecule has 1 unspecified atom stereocenters. The average Bonchev–Trinajstić information content (AvgIpc) is 2.20. The number of aliphatic hydroxyl groups excluding tert-OH is 1. The molecule has 1 aromatic rings. The van der Waals surface area contributed by atoms with E-state index in [-0.39, 0.29) is 17.5 Å². The fourth-order valence-electron chi connectivity index (χ4n) is 1.08. The molecule has 1 atom stereocenters. The van der Waals surface area contributed by atoms with E-state index in [0.29, 0.717) is 0 Å². The lowest BCUT2D eigenvalue weighted by Gasteiger charge is -2.06. The van der Waals surface area contributed by atoms with Gasteiger partial charge in [0.25, 0.3) is 0 Å². The molecule has 0 heterocycles. The van der Waals surface area contributed by atoms with Crippen molar-refractivity contribution in [2.45, 2.75) is 12.5 Å². The second kappa shape index (κ2) is 4.53. The fourth-order valence-corrected chi connectivity index (χ4v) is 1.08. The molecule has 0 fully saturated rings. The first-order chi connectivity index (χ1) is 7.04. The van der Waals surface area contributed by atoms with E-state index in [4.69, 9.17) is 15.5 Å². The molecule has 0 aliphatic carbocycles. The highest BCUT2D eigenvalue weighted by Gasteiger charge is 2.16. The Morgan fingerprint density at radius 3 is 2.73 bits per heavy atom. The number of aliphatic carboxylic acids is 1. The third-order valence-electron chi connectivity index (χ3n) is 1.88. The monoisotopic (exact) mass is 209 g/mol. The number of halogens is 1. The van der Waals surface area contributed by atoms with Crippen LogP contribution in [0.15, 0.2) is 18.2 Å². The van der Waals surface area contributed by atoms with Crippen LogP contribution >= 0.6 is 0 Å². The van der Waals surface area contributed by atoms with Crippen LogP contribution in [0.3, 0.4) is 0 Å². The van der Waals surface area contributed by atoms with E-state index >= 15 is 0 Å². The molecule has 0 aromatic heterocycles. The molecule has 1 aromatic carbocycles. The summed E-state index contributed by atoms with van der Waals surface area (Å²) in [6, 6.07) is 5.42. The van der Waals surface area contributed by atoms with Gasteiger partial charge in [0.2, 0.25) is 0 Å². The quantitative estimate of drug-likeness (QED) is 0.767. The first kappa shape index (κ1) is 11.1. The van der Waals surface area contributed by atoms with Gasteiger partial charge in [-0.2, -0.15) is 5.26 Å². The van der Waals surface area contributed by atoms with Gasteiger partial charge in [-0.1, -0.05) is 6.07 Å². The number of rotatable bonds is 3. The van der Waals surface area contributed by atoms with Gasteiger partial charge in [-0.05, 0) is 17.7 Å². The SMILES string of the molecule is N#Cc1ccc(CC(O)C(=O)O)c(F)c1. The van der Waals surface area contributed by atoms with E-state index in [1.54, 1.807) is 6.07 Å². The highest BCUT2D eigenvalue weighted by atomic mass is 19.1. The van der Waals surface area contributed by atoms with Gasteiger partial charge in [0.15, 0.2) is 6.10 Å². The van der Waals surface area contributed by atoms with Gasteiger partial charge in [0.05, 0.1) is 11.6 Å². The van der Waals surface area contributed by atoms with E-state index < -0.39 is 17.9 Å². The van der Waals surface area contributed by atoms with Gasteiger partial charge in [-0.25, -0.2) is 9.18 Å². The number of benzene rings is 1. The van der Waals surface area contributed by atoms with Crippen LogP contribution in [-0.2, 0) is 11.2 Å². The molecule has 0 spiro atoms. The first-order valence-electron chi connectivity index (χ1n) is 4.14. The van der Waals surface area contributed by atoms with Crippen LogP contribution in [0.4, 0.5) is 4.39 Å². The molecule has 0 bridgehead atoms. The number of hydrogen-bond donors (Lipinski definition) is 2. The molecule has 2 N–H and O–H groups in total. The van der Waals surface area contributed by atoms with E-state index in [2.05, 4.69) is 0 Å². The second-order valence-electron chi connectivity index (χ2n) is 2.98. The molecule has 0 saturated heterocycles. The Kier molecular flexibility index (Phi) is 3.37. The summed E-state index contributed by atoms with van der Waals surface area (Å²) in [6.45, 7) is 0.